The second-order valence-electron chi connectivity index (χ2n) is 6.83. The second kappa shape index (κ2) is 7.37. The summed E-state index contributed by atoms with van der Waals surface area (Å²) in [5.41, 5.74) is 7.16. The van der Waals surface area contributed by atoms with E-state index in [9.17, 15) is 9.18 Å². The van der Waals surface area contributed by atoms with E-state index >= 15 is 0 Å². The molecule has 0 unspecified atom stereocenters. The van der Waals surface area contributed by atoms with Gasteiger partial charge < -0.3 is 15.1 Å². The number of anilines is 1. The molecule has 3 aromatic rings. The molecule has 154 valence electrons. The first-order valence-corrected chi connectivity index (χ1v) is 9.58. The lowest BCUT2D eigenvalue weighted by Crippen LogP contribution is -2.17. The third kappa shape index (κ3) is 3.34. The van der Waals surface area contributed by atoms with E-state index in [1.807, 2.05) is 0 Å². The van der Waals surface area contributed by atoms with Gasteiger partial charge in [0.25, 0.3) is 5.56 Å². The van der Waals surface area contributed by atoms with Crippen molar-refractivity contribution in [3.05, 3.63) is 87.8 Å². The van der Waals surface area contributed by atoms with Crippen molar-refractivity contribution >= 4 is 17.3 Å². The Morgan fingerprint density at radius 2 is 2.13 bits per heavy atom. The smallest absolute Gasteiger partial charge is 0.278 e. The fourth-order valence-corrected chi connectivity index (χ4v) is 3.54. The summed E-state index contributed by atoms with van der Waals surface area (Å²) in [5.74, 6) is 0.337. The van der Waals surface area contributed by atoms with Crippen LogP contribution in [0.15, 0.2) is 64.3 Å². The Morgan fingerprint density at radius 3 is 2.90 bits per heavy atom. The van der Waals surface area contributed by atoms with E-state index in [1.165, 1.54) is 29.3 Å². The van der Waals surface area contributed by atoms with Crippen LogP contribution < -0.4 is 11.3 Å². The number of nitrogens with two attached hydrogens (primary N) is 1. The molecule has 0 aliphatic carbocycles. The number of nitrogen functional groups attached to an aromatic ring is 1. The summed E-state index contributed by atoms with van der Waals surface area (Å²) in [6, 6.07) is 9.73. The van der Waals surface area contributed by atoms with Gasteiger partial charge in [-0.2, -0.15) is 5.10 Å². The molecule has 2 aromatic heterocycles. The van der Waals surface area contributed by atoms with Gasteiger partial charge in [-0.15, -0.1) is 5.10 Å². The number of fused-ring (bicyclic) bond motifs is 1. The van der Waals surface area contributed by atoms with Crippen LogP contribution in [-0.2, 0) is 6.42 Å². The Morgan fingerprint density at radius 1 is 1.26 bits per heavy atom. The quantitative estimate of drug-likeness (QED) is 0.415. The third-order valence-electron chi connectivity index (χ3n) is 4.83. The molecule has 0 radical (unpaired) electrons. The minimum absolute atomic E-state index is 0.00680. The van der Waals surface area contributed by atoms with Crippen LogP contribution in [-0.4, -0.2) is 24.7 Å². The molecule has 0 bridgehead atoms. The maximum absolute atomic E-state index is 14.7. The molecule has 0 spiro atoms. The van der Waals surface area contributed by atoms with E-state index in [1.54, 1.807) is 30.3 Å². The zero-order valence-corrected chi connectivity index (χ0v) is 16.6. The average molecular weight is 437 g/mol. The third-order valence-corrected chi connectivity index (χ3v) is 5.01. The van der Waals surface area contributed by atoms with Crippen LogP contribution in [0.3, 0.4) is 0 Å². The summed E-state index contributed by atoms with van der Waals surface area (Å²) in [4.78, 5) is 20.8. The molecule has 5 rings (SSSR count). The second-order valence-corrected chi connectivity index (χ2v) is 7.22. The van der Waals surface area contributed by atoms with Crippen molar-refractivity contribution in [2.75, 3.05) is 5.73 Å². The molecule has 1 aromatic carbocycles. The number of nitrogens with zero attached hydrogens (tertiary/aromatic N) is 4. The predicted molar refractivity (Wildman–Crippen MR) is 113 cm³/mol. The molecule has 0 atom stereocenters. The number of hydrogen-bond donors (Lipinski definition) is 2. The number of rotatable bonds is 4. The van der Waals surface area contributed by atoms with E-state index in [0.29, 0.717) is 28.5 Å². The van der Waals surface area contributed by atoms with Crippen molar-refractivity contribution in [2.45, 2.75) is 6.42 Å². The van der Waals surface area contributed by atoms with E-state index < -0.39 is 5.82 Å². The van der Waals surface area contributed by atoms with Crippen molar-refractivity contribution in [2.24, 2.45) is 0 Å². The Balaban J connectivity index is 1.78. The van der Waals surface area contributed by atoms with Crippen molar-refractivity contribution in [3.8, 4) is 28.3 Å². The van der Waals surface area contributed by atoms with Crippen molar-refractivity contribution in [3.63, 3.8) is 0 Å². The first kappa shape index (κ1) is 19.0. The van der Waals surface area contributed by atoms with Gasteiger partial charge in [-0.05, 0) is 30.3 Å². The summed E-state index contributed by atoms with van der Waals surface area (Å²) in [6.45, 7) is 0. The number of halogens is 2. The molecule has 3 N–H and O–H groups in total. The highest BCUT2D eigenvalue weighted by atomic mass is 35.5. The minimum atomic E-state index is -0.599. The Kier molecular flexibility index (Phi) is 4.52. The first-order chi connectivity index (χ1) is 15.0. The average Bonchev–Trinajstić information content (AvgIpc) is 3.38. The lowest BCUT2D eigenvalue weighted by Gasteiger charge is -2.14. The van der Waals surface area contributed by atoms with Gasteiger partial charge in [-0.3, -0.25) is 9.36 Å². The molecule has 2 aliphatic rings. The maximum atomic E-state index is 14.7. The number of H-pyrrole nitrogens is 1. The number of imidazole rings is 1. The monoisotopic (exact) mass is 436 g/mol. The summed E-state index contributed by atoms with van der Waals surface area (Å²) in [5, 5.41) is 7.77. The first-order valence-electron chi connectivity index (χ1n) is 9.21. The lowest BCUT2D eigenvalue weighted by atomic mass is 10.1. The number of aromatic amines is 1. The largest absolute Gasteiger partial charge is 0.469 e. The van der Waals surface area contributed by atoms with Gasteiger partial charge in [-0.1, -0.05) is 17.7 Å². The topological polar surface area (TPSA) is 116 Å². The molecule has 4 heterocycles. The highest BCUT2D eigenvalue weighted by molar-refractivity contribution is 6.29. The molecule has 8 nitrogen and oxygen atoms in total. The normalized spacial score (nSPS) is 11.3. The van der Waals surface area contributed by atoms with E-state index in [4.69, 9.17) is 21.8 Å². The summed E-state index contributed by atoms with van der Waals surface area (Å²) in [7, 11) is 0. The van der Waals surface area contributed by atoms with E-state index in [-0.39, 0.29) is 34.1 Å². The highest BCUT2D eigenvalue weighted by Crippen LogP contribution is 2.31. The van der Waals surface area contributed by atoms with Crippen LogP contribution in [0.4, 0.5) is 10.1 Å². The zero-order valence-electron chi connectivity index (χ0n) is 15.8. The minimum Gasteiger partial charge on any atom is -0.469 e. The number of furan rings is 1. The Bertz CT molecular complexity index is 1430. The molecule has 31 heavy (non-hydrogen) atoms. The van der Waals surface area contributed by atoms with Gasteiger partial charge >= 0.3 is 0 Å². The molecule has 10 heteroatoms. The van der Waals surface area contributed by atoms with Crippen LogP contribution in [0.2, 0.25) is 5.15 Å². The number of nitrogens with one attached hydrogen (secondary N) is 1. The molecule has 2 aliphatic heterocycles. The fourth-order valence-electron chi connectivity index (χ4n) is 3.38. The molecule has 0 saturated carbocycles. The van der Waals surface area contributed by atoms with E-state index in [2.05, 4.69) is 20.2 Å². The number of benzene rings is 1. The van der Waals surface area contributed by atoms with Crippen LogP contribution >= 0.6 is 11.6 Å². The molecule has 0 fully saturated rings. The summed E-state index contributed by atoms with van der Waals surface area (Å²) in [6.07, 6.45) is 4.71. The molecular weight excluding hydrogens is 423 g/mol. The number of aromatic nitrogens is 5. The maximum Gasteiger partial charge on any atom is 0.278 e. The van der Waals surface area contributed by atoms with Gasteiger partial charge in [0.15, 0.2) is 16.8 Å². The number of hydrogen-bond acceptors (Lipinski definition) is 6. The van der Waals surface area contributed by atoms with Crippen LogP contribution in [0, 0.1) is 5.82 Å². The lowest BCUT2D eigenvalue weighted by molar-refractivity contribution is 0.519. The molecular formula is C21H14ClFN6O2. The Labute approximate surface area is 179 Å². The van der Waals surface area contributed by atoms with Crippen LogP contribution in [0.25, 0.3) is 28.3 Å². The van der Waals surface area contributed by atoms with Crippen molar-refractivity contribution < 1.29 is 8.81 Å². The van der Waals surface area contributed by atoms with Crippen LogP contribution in [0.5, 0.6) is 0 Å². The Hall–Kier alpha value is -3.98. The predicted octanol–water partition coefficient (Wildman–Crippen LogP) is 3.68. The van der Waals surface area contributed by atoms with Gasteiger partial charge in [0.2, 0.25) is 0 Å². The van der Waals surface area contributed by atoms with Crippen LogP contribution in [0.1, 0.15) is 11.5 Å². The van der Waals surface area contributed by atoms with Crippen molar-refractivity contribution in [1.82, 2.24) is 24.7 Å². The van der Waals surface area contributed by atoms with Gasteiger partial charge in [-0.25, -0.2) is 9.37 Å². The van der Waals surface area contributed by atoms with Crippen molar-refractivity contribution in [1.29, 1.82) is 0 Å². The van der Waals surface area contributed by atoms with Gasteiger partial charge in [0.1, 0.15) is 11.5 Å². The SMILES string of the molecule is Nc1cccc(-c2cn3c(=O)c(Cc4ccco4)nc-3c(-c3cnnc(Cl)c3)[nH]2)c1F. The standard InChI is InChI=1S/C21H14ClFN6O2/c22-17-7-11(9-25-28-17)19-20-27-15(8-12-3-2-6-31-12)21(30)29(20)10-16(26-19)13-4-1-5-14(24)18(13)23/h1-7,9-10,26H,8,24H2. The fraction of sp³-hybridized carbons (Fsp3) is 0.0476. The summed E-state index contributed by atoms with van der Waals surface area (Å²) < 4.78 is 21.4. The molecule has 0 amide bonds. The zero-order chi connectivity index (χ0) is 21.5. The molecule has 0 saturated heterocycles. The van der Waals surface area contributed by atoms with Gasteiger partial charge in [0.05, 0.1) is 36.0 Å². The summed E-state index contributed by atoms with van der Waals surface area (Å²) >= 11 is 6.01. The highest BCUT2D eigenvalue weighted by Gasteiger charge is 2.23. The van der Waals surface area contributed by atoms with E-state index in [0.717, 1.165) is 0 Å². The van der Waals surface area contributed by atoms with Gasteiger partial charge in [0, 0.05) is 17.3 Å².